The number of amides is 1. The molecule has 0 fully saturated rings. The van der Waals surface area contributed by atoms with Crippen molar-refractivity contribution in [2.45, 2.75) is 13.8 Å². The lowest BCUT2D eigenvalue weighted by molar-refractivity contribution is -0.114. The molecule has 0 bridgehead atoms. The second-order valence-electron chi connectivity index (χ2n) is 5.30. The summed E-state index contributed by atoms with van der Waals surface area (Å²) in [5, 5.41) is 2.41. The van der Waals surface area contributed by atoms with Crippen molar-refractivity contribution in [3.8, 4) is 5.75 Å². The minimum absolute atomic E-state index is 0.184. The number of para-hydroxylation sites is 1. The molecule has 0 aliphatic heterocycles. The van der Waals surface area contributed by atoms with Crippen LogP contribution in [0.15, 0.2) is 42.5 Å². The first-order valence-electron chi connectivity index (χ1n) is 7.91. The maximum atomic E-state index is 14.0. The van der Waals surface area contributed by atoms with Crippen LogP contribution in [0.5, 0.6) is 5.75 Å². The molecule has 26 heavy (non-hydrogen) atoms. The Hall–Kier alpha value is -3.22. The van der Waals surface area contributed by atoms with Crippen LogP contribution < -0.4 is 10.1 Å². The average molecular weight is 359 g/mol. The van der Waals surface area contributed by atoms with Crippen LogP contribution in [0.3, 0.4) is 0 Å². The Morgan fingerprint density at radius 1 is 1.08 bits per heavy atom. The molecule has 0 radical (unpaired) electrons. The number of anilines is 1. The van der Waals surface area contributed by atoms with E-state index in [0.717, 1.165) is 6.07 Å². The molecule has 2 aromatic rings. The number of esters is 1. The van der Waals surface area contributed by atoms with Gasteiger partial charge in [-0.05, 0) is 37.3 Å². The van der Waals surface area contributed by atoms with Crippen molar-refractivity contribution in [1.82, 2.24) is 0 Å². The van der Waals surface area contributed by atoms with Crippen LogP contribution in [0, 0.1) is 5.82 Å². The minimum Gasteiger partial charge on any atom is -0.493 e. The van der Waals surface area contributed by atoms with E-state index >= 15 is 0 Å². The first kappa shape index (κ1) is 19.1. The van der Waals surface area contributed by atoms with Gasteiger partial charge in [0.1, 0.15) is 17.1 Å². The number of carbonyl (C=O) groups is 3. The van der Waals surface area contributed by atoms with Crippen molar-refractivity contribution in [2.24, 2.45) is 0 Å². The van der Waals surface area contributed by atoms with Gasteiger partial charge in [0.15, 0.2) is 6.61 Å². The summed E-state index contributed by atoms with van der Waals surface area (Å²) in [7, 11) is 0. The van der Waals surface area contributed by atoms with Crippen LogP contribution in [0.25, 0.3) is 0 Å². The van der Waals surface area contributed by atoms with E-state index in [-0.39, 0.29) is 22.7 Å². The van der Waals surface area contributed by atoms with Gasteiger partial charge in [-0.1, -0.05) is 12.1 Å². The molecule has 0 aromatic heterocycles. The highest BCUT2D eigenvalue weighted by molar-refractivity contribution is 6.00. The number of carbonyl (C=O) groups excluding carboxylic acids is 3. The number of Topliss-reactive ketones (excluding diaryl/α,β-unsaturated/α-hetero) is 1. The maximum absolute atomic E-state index is 14.0. The van der Waals surface area contributed by atoms with Gasteiger partial charge in [0, 0.05) is 12.6 Å². The number of hydrogen-bond acceptors (Lipinski definition) is 5. The largest absolute Gasteiger partial charge is 0.493 e. The Morgan fingerprint density at radius 2 is 1.81 bits per heavy atom. The second kappa shape index (κ2) is 8.75. The Morgan fingerprint density at radius 3 is 2.46 bits per heavy atom. The number of halogens is 1. The van der Waals surface area contributed by atoms with Gasteiger partial charge >= 0.3 is 5.97 Å². The second-order valence-corrected chi connectivity index (χ2v) is 5.30. The highest BCUT2D eigenvalue weighted by Crippen LogP contribution is 2.20. The lowest BCUT2D eigenvalue weighted by Gasteiger charge is -2.10. The molecule has 136 valence electrons. The van der Waals surface area contributed by atoms with Crippen LogP contribution in [0.2, 0.25) is 0 Å². The lowest BCUT2D eigenvalue weighted by atomic mass is 10.1. The summed E-state index contributed by atoms with van der Waals surface area (Å²) < 4.78 is 24.3. The van der Waals surface area contributed by atoms with Crippen molar-refractivity contribution >= 4 is 23.3 Å². The van der Waals surface area contributed by atoms with Crippen molar-refractivity contribution in [1.29, 1.82) is 0 Å². The zero-order valence-electron chi connectivity index (χ0n) is 14.4. The predicted molar refractivity (Wildman–Crippen MR) is 92.9 cm³/mol. The standard InChI is InChI=1S/C19H18FNO5/c1-3-25-18-7-5-4-6-15(18)19(24)26-11-17(23)14-9-8-13(10-16(14)20)21-12(2)22/h4-10H,3,11H2,1-2H3,(H,21,22). The Kier molecular flexibility index (Phi) is 6.43. The van der Waals surface area contributed by atoms with E-state index in [2.05, 4.69) is 5.32 Å². The molecule has 0 aliphatic carbocycles. The normalized spacial score (nSPS) is 10.1. The van der Waals surface area contributed by atoms with E-state index in [1.165, 1.54) is 25.1 Å². The third-order valence-electron chi connectivity index (χ3n) is 3.33. The van der Waals surface area contributed by atoms with E-state index < -0.39 is 24.2 Å². The van der Waals surface area contributed by atoms with Gasteiger partial charge in [-0.2, -0.15) is 0 Å². The molecule has 0 saturated carbocycles. The van der Waals surface area contributed by atoms with E-state index in [1.54, 1.807) is 25.1 Å². The van der Waals surface area contributed by atoms with E-state index in [4.69, 9.17) is 9.47 Å². The lowest BCUT2D eigenvalue weighted by Crippen LogP contribution is -2.16. The number of ether oxygens (including phenoxy) is 2. The number of hydrogen-bond donors (Lipinski definition) is 1. The predicted octanol–water partition coefficient (Wildman–Crippen LogP) is 3.22. The minimum atomic E-state index is -0.813. The van der Waals surface area contributed by atoms with Gasteiger partial charge < -0.3 is 14.8 Å². The molecule has 0 unspecified atom stereocenters. The van der Waals surface area contributed by atoms with Gasteiger partial charge in [-0.15, -0.1) is 0 Å². The number of ketones is 1. The SMILES string of the molecule is CCOc1ccccc1C(=O)OCC(=O)c1ccc(NC(C)=O)cc1F. The summed E-state index contributed by atoms with van der Waals surface area (Å²) in [6.45, 7) is 2.82. The first-order chi connectivity index (χ1) is 12.4. The fourth-order valence-corrected chi connectivity index (χ4v) is 2.23. The highest BCUT2D eigenvalue weighted by Gasteiger charge is 2.18. The van der Waals surface area contributed by atoms with Gasteiger partial charge in [0.2, 0.25) is 11.7 Å². The van der Waals surface area contributed by atoms with Gasteiger partial charge in [-0.25, -0.2) is 9.18 Å². The van der Waals surface area contributed by atoms with Gasteiger partial charge in [0.25, 0.3) is 0 Å². The van der Waals surface area contributed by atoms with Crippen LogP contribution in [0.1, 0.15) is 34.6 Å². The van der Waals surface area contributed by atoms with E-state index in [1.807, 2.05) is 0 Å². The van der Waals surface area contributed by atoms with Gasteiger partial charge in [0.05, 0.1) is 12.2 Å². The van der Waals surface area contributed by atoms with Crippen LogP contribution in [-0.2, 0) is 9.53 Å². The summed E-state index contributed by atoms with van der Waals surface area (Å²) in [5.74, 6) is -2.26. The van der Waals surface area contributed by atoms with Crippen LogP contribution in [-0.4, -0.2) is 30.9 Å². The third-order valence-corrected chi connectivity index (χ3v) is 3.33. The molecule has 0 aliphatic rings. The zero-order valence-corrected chi connectivity index (χ0v) is 14.4. The summed E-state index contributed by atoms with van der Waals surface area (Å²) >= 11 is 0. The smallest absolute Gasteiger partial charge is 0.342 e. The maximum Gasteiger partial charge on any atom is 0.342 e. The third kappa shape index (κ3) is 4.89. The summed E-state index contributed by atoms with van der Waals surface area (Å²) in [6, 6.07) is 10.1. The Bertz CT molecular complexity index is 834. The molecular formula is C19H18FNO5. The number of rotatable bonds is 7. The molecule has 0 saturated heterocycles. The van der Waals surface area contributed by atoms with E-state index in [0.29, 0.717) is 12.4 Å². The van der Waals surface area contributed by atoms with Crippen molar-refractivity contribution in [2.75, 3.05) is 18.5 Å². The fourth-order valence-electron chi connectivity index (χ4n) is 2.23. The Labute approximate surface area is 149 Å². The molecule has 0 spiro atoms. The first-order valence-corrected chi connectivity index (χ1v) is 7.91. The Balaban J connectivity index is 2.04. The van der Waals surface area contributed by atoms with Crippen LogP contribution in [0.4, 0.5) is 10.1 Å². The zero-order chi connectivity index (χ0) is 19.1. The molecule has 1 amide bonds. The number of benzene rings is 2. The molecular weight excluding hydrogens is 341 g/mol. The molecule has 7 heteroatoms. The van der Waals surface area contributed by atoms with Crippen molar-refractivity contribution in [3.05, 3.63) is 59.4 Å². The van der Waals surface area contributed by atoms with Crippen LogP contribution >= 0.6 is 0 Å². The van der Waals surface area contributed by atoms with Crippen molar-refractivity contribution in [3.63, 3.8) is 0 Å². The molecule has 6 nitrogen and oxygen atoms in total. The topological polar surface area (TPSA) is 81.7 Å². The summed E-state index contributed by atoms with van der Waals surface area (Å²) in [4.78, 5) is 35.2. The van der Waals surface area contributed by atoms with E-state index in [9.17, 15) is 18.8 Å². The fraction of sp³-hybridized carbons (Fsp3) is 0.211. The highest BCUT2D eigenvalue weighted by atomic mass is 19.1. The number of nitrogens with one attached hydrogen (secondary N) is 1. The van der Waals surface area contributed by atoms with Gasteiger partial charge in [-0.3, -0.25) is 9.59 Å². The molecule has 1 N–H and O–H groups in total. The monoisotopic (exact) mass is 359 g/mol. The average Bonchev–Trinajstić information content (AvgIpc) is 2.59. The molecule has 2 aromatic carbocycles. The summed E-state index contributed by atoms with van der Waals surface area (Å²) in [6.07, 6.45) is 0. The quantitative estimate of drug-likeness (QED) is 0.606. The molecule has 0 atom stereocenters. The summed E-state index contributed by atoms with van der Waals surface area (Å²) in [5.41, 5.74) is 0.183. The van der Waals surface area contributed by atoms with Crippen molar-refractivity contribution < 1.29 is 28.2 Å². The molecule has 2 rings (SSSR count). The molecule has 0 heterocycles.